The van der Waals surface area contributed by atoms with E-state index >= 15 is 0 Å². The van der Waals surface area contributed by atoms with Crippen LogP contribution >= 0.6 is 12.9 Å². The highest BCUT2D eigenvalue weighted by molar-refractivity contribution is 7.75. The number of fused-ring (bicyclic) bond motifs is 1. The van der Waals surface area contributed by atoms with Gasteiger partial charge in [0.15, 0.2) is 0 Å². The van der Waals surface area contributed by atoms with Crippen LogP contribution in [0.1, 0.15) is 0 Å². The van der Waals surface area contributed by atoms with Gasteiger partial charge in [0.05, 0.1) is 5.69 Å². The zero-order chi connectivity index (χ0) is 9.10. The van der Waals surface area contributed by atoms with Crippen LogP contribution in [0.5, 0.6) is 0 Å². The fourth-order valence-electron chi connectivity index (χ4n) is 1.36. The van der Waals surface area contributed by atoms with Crippen molar-refractivity contribution in [3.63, 3.8) is 0 Å². The number of benzene rings is 2. The molecule has 0 bridgehead atoms. The molecule has 0 aliphatic carbocycles. The normalized spacial score (nSPS) is 10.2. The van der Waals surface area contributed by atoms with Gasteiger partial charge in [0.2, 0.25) is 0 Å². The summed E-state index contributed by atoms with van der Waals surface area (Å²) in [7, 11) is 0. The Morgan fingerprint density at radius 1 is 1.00 bits per heavy atom. The summed E-state index contributed by atoms with van der Waals surface area (Å²) >= 11 is 3.65. The largest absolute Gasteiger partial charge is 0.254 e. The maximum absolute atomic E-state index is 4.58. The van der Waals surface area contributed by atoms with Crippen LogP contribution in [0.15, 0.2) is 42.5 Å². The Hall–Kier alpha value is -1.19. The molecule has 0 aliphatic rings. The van der Waals surface area contributed by atoms with E-state index in [2.05, 4.69) is 34.8 Å². The predicted molar refractivity (Wildman–Crippen MR) is 57.6 cm³/mol. The molecule has 0 saturated carbocycles. The van der Waals surface area contributed by atoms with Gasteiger partial charge in [0.25, 0.3) is 0 Å². The molecule has 2 aromatic rings. The maximum Gasteiger partial charge on any atom is 0.0694 e. The van der Waals surface area contributed by atoms with Crippen LogP contribution in [0.2, 0.25) is 0 Å². The molecule has 0 amide bonds. The van der Waals surface area contributed by atoms with Crippen molar-refractivity contribution >= 4 is 29.4 Å². The molecule has 0 unspecified atom stereocenters. The van der Waals surface area contributed by atoms with Crippen molar-refractivity contribution in [2.45, 2.75) is 0 Å². The second-order valence-corrected chi connectivity index (χ2v) is 2.90. The van der Waals surface area contributed by atoms with Crippen LogP contribution in [0.3, 0.4) is 0 Å². The van der Waals surface area contributed by atoms with Crippen molar-refractivity contribution in [1.29, 1.82) is 0 Å². The minimum absolute atomic E-state index is 0.924. The Balaban J connectivity index is 2.61. The molecule has 2 rings (SSSR count). The number of anilines is 1. The third-order valence-corrected chi connectivity index (χ3v) is 2.04. The fourth-order valence-corrected chi connectivity index (χ4v) is 1.46. The lowest BCUT2D eigenvalue weighted by atomic mass is 10.1. The van der Waals surface area contributed by atoms with Crippen molar-refractivity contribution in [3.05, 3.63) is 42.5 Å². The van der Waals surface area contributed by atoms with Gasteiger partial charge in [-0.05, 0) is 11.5 Å². The van der Waals surface area contributed by atoms with Crippen molar-refractivity contribution in [3.8, 4) is 0 Å². The third-order valence-electron chi connectivity index (χ3n) is 1.95. The highest BCUT2D eigenvalue weighted by Gasteiger charge is 1.97. The van der Waals surface area contributed by atoms with Gasteiger partial charge in [0, 0.05) is 18.3 Å². The molecule has 3 heteroatoms. The monoisotopic (exact) mass is 191 g/mol. The summed E-state index contributed by atoms with van der Waals surface area (Å²) in [6.45, 7) is 0. The van der Waals surface area contributed by atoms with Crippen molar-refractivity contribution in [1.82, 2.24) is 0 Å². The van der Waals surface area contributed by atoms with Crippen LogP contribution in [0, 0.1) is 0 Å². The molecule has 2 nitrogen and oxygen atoms in total. The smallest absolute Gasteiger partial charge is 0.0694 e. The summed E-state index contributed by atoms with van der Waals surface area (Å²) in [6, 6.07) is 14.1. The summed E-state index contributed by atoms with van der Waals surface area (Å²) in [4.78, 5) is 0. The highest BCUT2D eigenvalue weighted by Crippen LogP contribution is 2.22. The highest BCUT2D eigenvalue weighted by atomic mass is 32.1. The first kappa shape index (κ1) is 8.41. The first-order chi connectivity index (χ1) is 6.42. The molecule has 66 valence electrons. The van der Waals surface area contributed by atoms with Gasteiger partial charge in [-0.15, -0.1) is 0 Å². The quantitative estimate of drug-likeness (QED) is 0.432. The van der Waals surface area contributed by atoms with E-state index in [9.17, 15) is 0 Å². The zero-order valence-electron chi connectivity index (χ0n) is 6.90. The summed E-state index contributed by atoms with van der Waals surface area (Å²) in [6.07, 6.45) is 0. The Labute approximate surface area is 82.1 Å². The van der Waals surface area contributed by atoms with Crippen LogP contribution in [-0.4, -0.2) is 0 Å². The van der Waals surface area contributed by atoms with E-state index in [0.717, 1.165) is 11.1 Å². The van der Waals surface area contributed by atoms with E-state index in [1.165, 1.54) is 5.39 Å². The van der Waals surface area contributed by atoms with Gasteiger partial charge in [-0.25, -0.2) is 4.28 Å². The van der Waals surface area contributed by atoms with Gasteiger partial charge in [-0.1, -0.05) is 36.4 Å². The van der Waals surface area contributed by atoms with E-state index in [4.69, 9.17) is 0 Å². The van der Waals surface area contributed by atoms with E-state index in [-0.39, 0.29) is 0 Å². The molecule has 2 aromatic carbocycles. The zero-order valence-corrected chi connectivity index (χ0v) is 7.79. The standard InChI is InChI=1S/C10H9NOS/c13-12-11-10-7-3-5-8-4-1-2-6-9(8)10/h1-7,11,13H. The van der Waals surface area contributed by atoms with Crippen molar-refractivity contribution < 1.29 is 4.28 Å². The number of nitrogens with one attached hydrogen (secondary N) is 1. The molecule has 0 spiro atoms. The Morgan fingerprint density at radius 3 is 2.62 bits per heavy atom. The van der Waals surface area contributed by atoms with Crippen molar-refractivity contribution in [2.75, 3.05) is 5.48 Å². The third kappa shape index (κ3) is 1.61. The number of thiol groups is 1. The Kier molecular flexibility index (Phi) is 2.38. The molecule has 0 atom stereocenters. The lowest BCUT2D eigenvalue weighted by Gasteiger charge is -2.05. The summed E-state index contributed by atoms with van der Waals surface area (Å²) < 4.78 is 4.58. The number of hydrogen-bond acceptors (Lipinski definition) is 3. The fraction of sp³-hybridized carbons (Fsp3) is 0. The van der Waals surface area contributed by atoms with E-state index in [1.807, 2.05) is 30.3 Å². The minimum atomic E-state index is 0.924. The van der Waals surface area contributed by atoms with Crippen molar-refractivity contribution in [2.24, 2.45) is 0 Å². The SMILES string of the molecule is SONc1cccc2ccccc12. The molecule has 0 heterocycles. The second-order valence-electron chi connectivity index (χ2n) is 2.72. The van der Waals surface area contributed by atoms with E-state index in [1.54, 1.807) is 0 Å². The molecule has 0 fully saturated rings. The van der Waals surface area contributed by atoms with Gasteiger partial charge >= 0.3 is 0 Å². The average molecular weight is 191 g/mol. The predicted octanol–water partition coefficient (Wildman–Crippen LogP) is 3.03. The minimum Gasteiger partial charge on any atom is -0.254 e. The summed E-state index contributed by atoms with van der Waals surface area (Å²) in [5.74, 6) is 0. The maximum atomic E-state index is 4.58. The Bertz CT molecular complexity index is 411. The van der Waals surface area contributed by atoms with Crippen LogP contribution in [-0.2, 0) is 4.28 Å². The topological polar surface area (TPSA) is 21.3 Å². The van der Waals surface area contributed by atoms with E-state index in [0.29, 0.717) is 0 Å². The van der Waals surface area contributed by atoms with Gasteiger partial charge in [-0.2, -0.15) is 0 Å². The average Bonchev–Trinajstić information content (AvgIpc) is 2.19. The lowest BCUT2D eigenvalue weighted by Crippen LogP contribution is -1.91. The van der Waals surface area contributed by atoms with Crippen LogP contribution in [0.4, 0.5) is 5.69 Å². The molecular weight excluding hydrogens is 182 g/mol. The second kappa shape index (κ2) is 3.68. The first-order valence-electron chi connectivity index (χ1n) is 3.96. The molecule has 0 saturated heterocycles. The molecule has 0 radical (unpaired) electrons. The summed E-state index contributed by atoms with van der Waals surface area (Å²) in [5, 5.41) is 2.30. The van der Waals surface area contributed by atoms with Gasteiger partial charge in [0.1, 0.15) is 0 Å². The number of hydrogen-bond donors (Lipinski definition) is 2. The molecule has 1 N–H and O–H groups in total. The Morgan fingerprint density at radius 2 is 1.77 bits per heavy atom. The molecular formula is C10H9NOS. The lowest BCUT2D eigenvalue weighted by molar-refractivity contribution is 0.488. The van der Waals surface area contributed by atoms with Gasteiger partial charge < -0.3 is 0 Å². The first-order valence-corrected chi connectivity index (χ1v) is 4.32. The molecule has 13 heavy (non-hydrogen) atoms. The van der Waals surface area contributed by atoms with Crippen LogP contribution < -0.4 is 5.48 Å². The van der Waals surface area contributed by atoms with Crippen LogP contribution in [0.25, 0.3) is 10.8 Å². The van der Waals surface area contributed by atoms with Gasteiger partial charge in [-0.3, -0.25) is 5.48 Å². The number of rotatable bonds is 2. The van der Waals surface area contributed by atoms with E-state index < -0.39 is 0 Å². The molecule has 0 aliphatic heterocycles. The molecule has 0 aromatic heterocycles. The summed E-state index contributed by atoms with van der Waals surface area (Å²) in [5.41, 5.74) is 3.64.